The van der Waals surface area contributed by atoms with Gasteiger partial charge >= 0.3 is 0 Å². The number of rotatable bonds is 5. The topological polar surface area (TPSA) is 67.2 Å². The van der Waals surface area contributed by atoms with Crippen LogP contribution in [0.5, 0.6) is 0 Å². The van der Waals surface area contributed by atoms with Crippen LogP contribution in [0.3, 0.4) is 0 Å². The smallest absolute Gasteiger partial charge is 0.251 e. The van der Waals surface area contributed by atoms with Gasteiger partial charge in [0.2, 0.25) is 5.91 Å². The Hall–Kier alpha value is -3.29. The lowest BCUT2D eigenvalue weighted by Crippen LogP contribution is -2.49. The largest absolute Gasteiger partial charge is 0.349 e. The number of carbonyl (C=O) groups excluding carboxylic acids is 2. The van der Waals surface area contributed by atoms with Crippen molar-refractivity contribution in [3.05, 3.63) is 65.5 Å². The number of hydrogen-bond donors (Lipinski definition) is 1. The minimum absolute atomic E-state index is 0.00944. The zero-order valence-corrected chi connectivity index (χ0v) is 19.0. The van der Waals surface area contributed by atoms with E-state index in [4.69, 9.17) is 0 Å². The van der Waals surface area contributed by atoms with Crippen molar-refractivity contribution in [2.24, 2.45) is 5.92 Å². The van der Waals surface area contributed by atoms with Crippen LogP contribution in [-0.2, 0) is 4.79 Å². The molecule has 33 heavy (non-hydrogen) atoms. The average molecular weight is 455 g/mol. The molecule has 2 aromatic carbocycles. The second-order valence-corrected chi connectivity index (χ2v) is 8.98. The molecule has 8 heteroatoms. The average Bonchev–Trinajstić information content (AvgIpc) is 3.16. The molecule has 0 radical (unpaired) electrons. The molecule has 1 saturated heterocycles. The van der Waals surface area contributed by atoms with Gasteiger partial charge in [-0.15, -0.1) is 0 Å². The molecule has 2 amide bonds. The molecular weight excluding hydrogens is 426 g/mol. The summed E-state index contributed by atoms with van der Waals surface area (Å²) >= 11 is 0. The van der Waals surface area contributed by atoms with E-state index in [0.717, 1.165) is 17.7 Å². The Bertz CT molecular complexity index is 1180. The van der Waals surface area contributed by atoms with Crippen molar-refractivity contribution >= 4 is 22.8 Å². The molecule has 0 spiro atoms. The minimum Gasteiger partial charge on any atom is -0.349 e. The fraction of sp³-hybridized carbons (Fsp3) is 0.400. The molecule has 3 aromatic rings. The molecule has 4 rings (SSSR count). The van der Waals surface area contributed by atoms with Crippen LogP contribution in [0.4, 0.5) is 8.78 Å². The number of amides is 2. The molecule has 0 saturated carbocycles. The van der Waals surface area contributed by atoms with Crippen LogP contribution in [0.15, 0.2) is 42.7 Å². The zero-order chi connectivity index (χ0) is 23.7. The number of aromatic nitrogens is 2. The summed E-state index contributed by atoms with van der Waals surface area (Å²) in [6.45, 7) is 6.77. The number of nitrogens with zero attached hydrogens (tertiary/aromatic N) is 3. The number of benzene rings is 2. The summed E-state index contributed by atoms with van der Waals surface area (Å²) in [6, 6.07) is 9.00. The number of fused-ring (bicyclic) bond motifs is 1. The van der Waals surface area contributed by atoms with E-state index in [-0.39, 0.29) is 23.8 Å². The zero-order valence-electron chi connectivity index (χ0n) is 19.0. The number of carbonyl (C=O) groups is 2. The van der Waals surface area contributed by atoms with Gasteiger partial charge in [-0.1, -0.05) is 32.0 Å². The predicted molar refractivity (Wildman–Crippen MR) is 122 cm³/mol. The van der Waals surface area contributed by atoms with Crippen molar-refractivity contribution in [1.82, 2.24) is 19.8 Å². The van der Waals surface area contributed by atoms with Gasteiger partial charge in [-0.3, -0.25) is 9.59 Å². The lowest BCUT2D eigenvalue weighted by atomic mass is 9.98. The number of likely N-dealkylation sites (tertiary alicyclic amines) is 1. The van der Waals surface area contributed by atoms with E-state index in [9.17, 15) is 18.4 Å². The number of halogens is 2. The highest BCUT2D eigenvalue weighted by atomic mass is 19.2. The number of hydrogen-bond acceptors (Lipinski definition) is 3. The highest BCUT2D eigenvalue weighted by Gasteiger charge is 2.32. The van der Waals surface area contributed by atoms with Crippen LogP contribution in [0.2, 0.25) is 0 Å². The number of piperidine rings is 1. The summed E-state index contributed by atoms with van der Waals surface area (Å²) in [5.41, 5.74) is 2.28. The molecule has 0 aliphatic carbocycles. The van der Waals surface area contributed by atoms with E-state index in [1.807, 2.05) is 39.0 Å². The Morgan fingerprint density at radius 1 is 1.09 bits per heavy atom. The Labute approximate surface area is 191 Å². The van der Waals surface area contributed by atoms with Gasteiger partial charge in [-0.2, -0.15) is 0 Å². The van der Waals surface area contributed by atoms with Gasteiger partial charge in [0.25, 0.3) is 5.91 Å². The van der Waals surface area contributed by atoms with Gasteiger partial charge in [0.15, 0.2) is 11.6 Å². The van der Waals surface area contributed by atoms with Crippen LogP contribution in [0.25, 0.3) is 11.0 Å². The van der Waals surface area contributed by atoms with Gasteiger partial charge in [0, 0.05) is 36.8 Å². The van der Waals surface area contributed by atoms with Crippen molar-refractivity contribution in [2.75, 3.05) is 13.1 Å². The maximum atomic E-state index is 13.9. The Kier molecular flexibility index (Phi) is 6.44. The van der Waals surface area contributed by atoms with Crippen LogP contribution >= 0.6 is 0 Å². The first-order valence-electron chi connectivity index (χ1n) is 11.2. The molecule has 1 N–H and O–H groups in total. The Morgan fingerprint density at radius 3 is 2.42 bits per heavy atom. The monoisotopic (exact) mass is 454 g/mol. The first kappa shape index (κ1) is 22.9. The van der Waals surface area contributed by atoms with Crippen molar-refractivity contribution < 1.29 is 18.4 Å². The predicted octanol–water partition coefficient (Wildman–Crippen LogP) is 4.24. The van der Waals surface area contributed by atoms with E-state index in [1.165, 1.54) is 6.33 Å². The first-order chi connectivity index (χ1) is 15.8. The molecule has 1 fully saturated rings. The Balaban J connectivity index is 1.45. The SMILES string of the molecule is Cc1ccccc1C(=O)NC1CCN(C(=O)C(C(C)C)n2cnc3cc(F)c(F)cc32)CC1. The van der Waals surface area contributed by atoms with Crippen LogP contribution < -0.4 is 5.32 Å². The van der Waals surface area contributed by atoms with Crippen LogP contribution in [0, 0.1) is 24.5 Å². The standard InChI is InChI=1S/C25H28F2N4O2/c1-15(2)23(31-14-28-21-12-19(26)20(27)13-22(21)31)25(33)30-10-8-17(9-11-30)29-24(32)18-7-5-4-6-16(18)3/h4-7,12-15,17,23H,8-11H2,1-3H3,(H,29,32). The molecule has 6 nitrogen and oxygen atoms in total. The number of imidazole rings is 1. The summed E-state index contributed by atoms with van der Waals surface area (Å²) < 4.78 is 29.1. The summed E-state index contributed by atoms with van der Waals surface area (Å²) in [7, 11) is 0. The molecule has 1 atom stereocenters. The summed E-state index contributed by atoms with van der Waals surface area (Å²) in [4.78, 5) is 32.0. The number of aryl methyl sites for hydroxylation is 1. The molecule has 1 unspecified atom stereocenters. The lowest BCUT2D eigenvalue weighted by molar-refractivity contribution is -0.137. The second kappa shape index (κ2) is 9.29. The van der Waals surface area contributed by atoms with Gasteiger partial charge in [0.05, 0.1) is 17.4 Å². The van der Waals surface area contributed by atoms with Crippen molar-refractivity contribution in [3.8, 4) is 0 Å². The Morgan fingerprint density at radius 2 is 1.76 bits per heavy atom. The third-order valence-corrected chi connectivity index (χ3v) is 6.33. The van der Waals surface area contributed by atoms with E-state index in [1.54, 1.807) is 15.5 Å². The number of nitrogens with one attached hydrogen (secondary N) is 1. The van der Waals surface area contributed by atoms with Gasteiger partial charge in [-0.05, 0) is 37.3 Å². The molecular formula is C25H28F2N4O2. The van der Waals surface area contributed by atoms with Crippen LogP contribution in [-0.4, -0.2) is 45.4 Å². The summed E-state index contributed by atoms with van der Waals surface area (Å²) in [6.07, 6.45) is 2.78. The normalized spacial score (nSPS) is 15.8. The van der Waals surface area contributed by atoms with E-state index in [0.29, 0.717) is 42.5 Å². The highest BCUT2D eigenvalue weighted by molar-refractivity contribution is 5.95. The fourth-order valence-corrected chi connectivity index (χ4v) is 4.49. The van der Waals surface area contributed by atoms with Gasteiger partial charge < -0.3 is 14.8 Å². The van der Waals surface area contributed by atoms with Crippen LogP contribution in [0.1, 0.15) is 48.7 Å². The van der Waals surface area contributed by atoms with Crippen molar-refractivity contribution in [1.29, 1.82) is 0 Å². The van der Waals surface area contributed by atoms with E-state index in [2.05, 4.69) is 10.3 Å². The molecule has 1 aliphatic heterocycles. The van der Waals surface area contributed by atoms with Crippen molar-refractivity contribution in [2.45, 2.75) is 45.7 Å². The van der Waals surface area contributed by atoms with E-state index >= 15 is 0 Å². The molecule has 174 valence electrons. The molecule has 2 heterocycles. The quantitative estimate of drug-likeness (QED) is 0.627. The third kappa shape index (κ3) is 4.60. The van der Waals surface area contributed by atoms with Crippen molar-refractivity contribution in [3.63, 3.8) is 0 Å². The second-order valence-electron chi connectivity index (χ2n) is 8.98. The molecule has 0 bridgehead atoms. The molecule has 1 aliphatic rings. The lowest BCUT2D eigenvalue weighted by Gasteiger charge is -2.36. The summed E-state index contributed by atoms with van der Waals surface area (Å²) in [5.74, 6) is -2.20. The fourth-order valence-electron chi connectivity index (χ4n) is 4.49. The highest BCUT2D eigenvalue weighted by Crippen LogP contribution is 2.28. The summed E-state index contributed by atoms with van der Waals surface area (Å²) in [5, 5.41) is 3.08. The maximum Gasteiger partial charge on any atom is 0.251 e. The maximum absolute atomic E-state index is 13.9. The minimum atomic E-state index is -0.968. The molecule has 1 aromatic heterocycles. The first-order valence-corrected chi connectivity index (χ1v) is 11.2. The van der Waals surface area contributed by atoms with Gasteiger partial charge in [-0.25, -0.2) is 13.8 Å². The third-order valence-electron chi connectivity index (χ3n) is 6.33. The van der Waals surface area contributed by atoms with Gasteiger partial charge in [0.1, 0.15) is 6.04 Å². The van der Waals surface area contributed by atoms with E-state index < -0.39 is 17.7 Å².